The van der Waals surface area contributed by atoms with Gasteiger partial charge < -0.3 is 19.7 Å². The summed E-state index contributed by atoms with van der Waals surface area (Å²) >= 11 is 0. The molecule has 26 heavy (non-hydrogen) atoms. The van der Waals surface area contributed by atoms with Crippen LogP contribution in [0.2, 0.25) is 0 Å². The summed E-state index contributed by atoms with van der Waals surface area (Å²) in [5, 5.41) is 3.70. The van der Waals surface area contributed by atoms with Crippen molar-refractivity contribution in [1.82, 2.24) is 9.88 Å². The summed E-state index contributed by atoms with van der Waals surface area (Å²) in [7, 11) is 1.59. The molecule has 0 saturated carbocycles. The van der Waals surface area contributed by atoms with E-state index >= 15 is 0 Å². The quantitative estimate of drug-likeness (QED) is 0.830. The molecule has 0 aliphatic carbocycles. The Balaban J connectivity index is 1.70. The summed E-state index contributed by atoms with van der Waals surface area (Å²) in [5.74, 6) is 0.351. The van der Waals surface area contributed by atoms with Crippen LogP contribution in [-0.4, -0.2) is 54.6 Å². The SMILES string of the molecule is C=CC(=O)N1CCO[C@@H](CC(=O)Nc2ccc(OC)c3cccnc23)C1. The van der Waals surface area contributed by atoms with Crippen molar-refractivity contribution >= 4 is 28.4 Å². The Morgan fingerprint density at radius 2 is 2.31 bits per heavy atom. The molecule has 2 heterocycles. The summed E-state index contributed by atoms with van der Waals surface area (Å²) in [6, 6.07) is 7.26. The molecule has 0 unspecified atom stereocenters. The maximum Gasteiger partial charge on any atom is 0.246 e. The lowest BCUT2D eigenvalue weighted by Crippen LogP contribution is -2.46. The molecular formula is C19H21N3O4. The molecular weight excluding hydrogens is 334 g/mol. The molecule has 0 bridgehead atoms. The molecule has 1 aliphatic rings. The summed E-state index contributed by atoms with van der Waals surface area (Å²) in [6.07, 6.45) is 2.75. The largest absolute Gasteiger partial charge is 0.496 e. The van der Waals surface area contributed by atoms with Gasteiger partial charge in [0.15, 0.2) is 0 Å². The van der Waals surface area contributed by atoms with E-state index in [9.17, 15) is 9.59 Å². The molecule has 136 valence electrons. The molecule has 7 heteroatoms. The topological polar surface area (TPSA) is 80.8 Å². The number of methoxy groups -OCH3 is 1. The maximum atomic E-state index is 12.5. The fraction of sp³-hybridized carbons (Fsp3) is 0.316. The number of carbonyl (C=O) groups is 2. The predicted octanol–water partition coefficient (Wildman–Crippen LogP) is 1.99. The number of hydrogen-bond acceptors (Lipinski definition) is 5. The van der Waals surface area contributed by atoms with Gasteiger partial charge in [-0.15, -0.1) is 0 Å². The highest BCUT2D eigenvalue weighted by Crippen LogP contribution is 2.29. The number of pyridine rings is 1. The molecule has 1 aromatic heterocycles. The lowest BCUT2D eigenvalue weighted by molar-refractivity contribution is -0.136. The van der Waals surface area contributed by atoms with E-state index in [-0.39, 0.29) is 24.3 Å². The van der Waals surface area contributed by atoms with Crippen LogP contribution in [0.4, 0.5) is 5.69 Å². The fourth-order valence-corrected chi connectivity index (χ4v) is 3.01. The summed E-state index contributed by atoms with van der Waals surface area (Å²) in [6.45, 7) is 4.78. The number of rotatable bonds is 5. The minimum Gasteiger partial charge on any atom is -0.496 e. The summed E-state index contributed by atoms with van der Waals surface area (Å²) < 4.78 is 10.9. The number of hydrogen-bond donors (Lipinski definition) is 1. The number of anilines is 1. The zero-order valence-electron chi connectivity index (χ0n) is 14.6. The zero-order chi connectivity index (χ0) is 18.5. The Bertz CT molecular complexity index is 837. The maximum absolute atomic E-state index is 12.5. The van der Waals surface area contributed by atoms with E-state index in [1.165, 1.54) is 6.08 Å². The van der Waals surface area contributed by atoms with Crippen molar-refractivity contribution in [2.75, 3.05) is 32.1 Å². The number of carbonyl (C=O) groups excluding carboxylic acids is 2. The minimum atomic E-state index is -0.342. The van der Waals surface area contributed by atoms with E-state index in [0.717, 1.165) is 5.39 Å². The normalized spacial score (nSPS) is 17.0. The van der Waals surface area contributed by atoms with Crippen molar-refractivity contribution in [2.45, 2.75) is 12.5 Å². The first-order valence-corrected chi connectivity index (χ1v) is 8.37. The van der Waals surface area contributed by atoms with Crippen molar-refractivity contribution < 1.29 is 19.1 Å². The van der Waals surface area contributed by atoms with Crippen LogP contribution in [0.3, 0.4) is 0 Å². The number of morpholine rings is 1. The number of nitrogens with one attached hydrogen (secondary N) is 1. The monoisotopic (exact) mass is 355 g/mol. The number of nitrogens with zero attached hydrogens (tertiary/aromatic N) is 2. The smallest absolute Gasteiger partial charge is 0.246 e. The number of ether oxygens (including phenoxy) is 2. The Morgan fingerprint density at radius 1 is 1.46 bits per heavy atom. The van der Waals surface area contributed by atoms with Crippen LogP contribution in [0.1, 0.15) is 6.42 Å². The fourth-order valence-electron chi connectivity index (χ4n) is 3.01. The first-order valence-electron chi connectivity index (χ1n) is 8.37. The van der Waals surface area contributed by atoms with E-state index in [2.05, 4.69) is 16.9 Å². The zero-order valence-corrected chi connectivity index (χ0v) is 14.6. The molecule has 1 aromatic carbocycles. The van der Waals surface area contributed by atoms with Crippen molar-refractivity contribution in [1.29, 1.82) is 0 Å². The van der Waals surface area contributed by atoms with Crippen molar-refractivity contribution in [2.24, 2.45) is 0 Å². The highest BCUT2D eigenvalue weighted by atomic mass is 16.5. The average molecular weight is 355 g/mol. The highest BCUT2D eigenvalue weighted by Gasteiger charge is 2.25. The van der Waals surface area contributed by atoms with Crippen molar-refractivity contribution in [3.63, 3.8) is 0 Å². The molecule has 1 aliphatic heterocycles. The molecule has 1 fully saturated rings. The number of amides is 2. The number of aromatic nitrogens is 1. The van der Waals surface area contributed by atoms with Crippen LogP contribution < -0.4 is 10.1 Å². The van der Waals surface area contributed by atoms with Gasteiger partial charge in [-0.25, -0.2) is 0 Å². The van der Waals surface area contributed by atoms with Gasteiger partial charge in [-0.05, 0) is 30.3 Å². The highest BCUT2D eigenvalue weighted by molar-refractivity contribution is 6.02. The third kappa shape index (κ3) is 3.83. The van der Waals surface area contributed by atoms with Crippen LogP contribution in [-0.2, 0) is 14.3 Å². The molecule has 0 radical (unpaired) electrons. The molecule has 1 saturated heterocycles. The van der Waals surface area contributed by atoms with Gasteiger partial charge in [0.05, 0.1) is 37.4 Å². The second-order valence-electron chi connectivity index (χ2n) is 5.95. The predicted molar refractivity (Wildman–Crippen MR) is 98.1 cm³/mol. The Morgan fingerprint density at radius 3 is 3.08 bits per heavy atom. The lowest BCUT2D eigenvalue weighted by Gasteiger charge is -2.32. The van der Waals surface area contributed by atoms with E-state index in [0.29, 0.717) is 36.6 Å². The third-order valence-electron chi connectivity index (χ3n) is 4.26. The van der Waals surface area contributed by atoms with Gasteiger partial charge in [0.2, 0.25) is 11.8 Å². The molecule has 3 rings (SSSR count). The summed E-state index contributed by atoms with van der Waals surface area (Å²) in [4.78, 5) is 30.2. The van der Waals surface area contributed by atoms with Crippen LogP contribution >= 0.6 is 0 Å². The third-order valence-corrected chi connectivity index (χ3v) is 4.26. The average Bonchev–Trinajstić information content (AvgIpc) is 2.67. The van der Waals surface area contributed by atoms with Crippen LogP contribution in [0.25, 0.3) is 10.9 Å². The standard InChI is InChI=1S/C19H21N3O4/c1-3-18(24)22-9-10-26-13(12-22)11-17(23)21-15-6-7-16(25-2)14-5-4-8-20-19(14)15/h3-8,13H,1,9-12H2,2H3,(H,21,23)/t13-/m0/s1. The van der Waals surface area contributed by atoms with E-state index in [1.807, 2.05) is 12.1 Å². The van der Waals surface area contributed by atoms with Gasteiger partial charge in [0.25, 0.3) is 0 Å². The van der Waals surface area contributed by atoms with Crippen LogP contribution in [0, 0.1) is 0 Å². The van der Waals surface area contributed by atoms with E-state index in [1.54, 1.807) is 30.3 Å². The van der Waals surface area contributed by atoms with Gasteiger partial charge in [-0.3, -0.25) is 14.6 Å². The van der Waals surface area contributed by atoms with Crippen molar-refractivity contribution in [3.8, 4) is 5.75 Å². The van der Waals surface area contributed by atoms with E-state index < -0.39 is 0 Å². The molecule has 2 amide bonds. The van der Waals surface area contributed by atoms with Crippen LogP contribution in [0.5, 0.6) is 5.75 Å². The minimum absolute atomic E-state index is 0.149. The lowest BCUT2D eigenvalue weighted by atomic mass is 10.1. The van der Waals surface area contributed by atoms with Crippen LogP contribution in [0.15, 0.2) is 43.1 Å². The molecule has 0 spiro atoms. The molecule has 1 N–H and O–H groups in total. The summed E-state index contributed by atoms with van der Waals surface area (Å²) in [5.41, 5.74) is 1.27. The van der Waals surface area contributed by atoms with Gasteiger partial charge in [0, 0.05) is 24.7 Å². The Labute approximate surface area is 151 Å². The molecule has 1 atom stereocenters. The first-order chi connectivity index (χ1) is 12.6. The number of benzene rings is 1. The molecule has 7 nitrogen and oxygen atoms in total. The van der Waals surface area contributed by atoms with Crippen molar-refractivity contribution in [3.05, 3.63) is 43.1 Å². The molecule has 2 aromatic rings. The van der Waals surface area contributed by atoms with Gasteiger partial charge in [0.1, 0.15) is 5.75 Å². The Kier molecular flexibility index (Phi) is 5.48. The Hall–Kier alpha value is -2.93. The van der Waals surface area contributed by atoms with E-state index in [4.69, 9.17) is 9.47 Å². The second kappa shape index (κ2) is 7.97. The number of fused-ring (bicyclic) bond motifs is 1. The van der Waals surface area contributed by atoms with Gasteiger partial charge >= 0.3 is 0 Å². The second-order valence-corrected chi connectivity index (χ2v) is 5.95. The van der Waals surface area contributed by atoms with Gasteiger partial charge in [-0.2, -0.15) is 0 Å². The van der Waals surface area contributed by atoms with Gasteiger partial charge in [-0.1, -0.05) is 6.58 Å². The first kappa shape index (κ1) is 17.9.